The molecule has 1 aliphatic heterocycles. The van der Waals surface area contributed by atoms with Gasteiger partial charge in [0.05, 0.1) is 19.6 Å². The van der Waals surface area contributed by atoms with Crippen LogP contribution in [-0.2, 0) is 22.4 Å². The van der Waals surface area contributed by atoms with Crippen LogP contribution in [0.15, 0.2) is 24.5 Å². The summed E-state index contributed by atoms with van der Waals surface area (Å²) in [6.07, 6.45) is 8.52. The third kappa shape index (κ3) is 5.33. The first kappa shape index (κ1) is 22.0. The number of rotatable bonds is 9. The van der Waals surface area contributed by atoms with Crippen molar-refractivity contribution in [1.29, 1.82) is 0 Å². The Labute approximate surface area is 187 Å². The first-order chi connectivity index (χ1) is 15.5. The third-order valence-electron chi connectivity index (χ3n) is 6.30. The second-order valence-corrected chi connectivity index (χ2v) is 8.58. The number of aliphatic carboxylic acids is 1. The molecule has 1 aliphatic carbocycles. The van der Waals surface area contributed by atoms with Crippen LogP contribution in [0, 0.1) is 11.8 Å². The van der Waals surface area contributed by atoms with Crippen molar-refractivity contribution < 1.29 is 19.4 Å². The average Bonchev–Trinajstić information content (AvgIpc) is 2.77. The number of carboxylic acids is 1. The number of amides is 1. The van der Waals surface area contributed by atoms with Crippen LogP contribution in [0.2, 0.25) is 0 Å². The van der Waals surface area contributed by atoms with Crippen LogP contribution in [0.25, 0.3) is 0 Å². The van der Waals surface area contributed by atoms with Crippen molar-refractivity contribution in [2.45, 2.75) is 51.0 Å². The van der Waals surface area contributed by atoms with E-state index < -0.39 is 12.0 Å². The van der Waals surface area contributed by atoms with Gasteiger partial charge in [0, 0.05) is 36.1 Å². The molecule has 32 heavy (non-hydrogen) atoms. The van der Waals surface area contributed by atoms with Gasteiger partial charge in [0.15, 0.2) is 0 Å². The molecule has 0 radical (unpaired) electrons. The van der Waals surface area contributed by atoms with E-state index in [0.717, 1.165) is 56.6 Å². The molecule has 0 aromatic carbocycles. The molecular formula is C23H29N5O4. The predicted octanol–water partition coefficient (Wildman–Crippen LogP) is 2.53. The molecule has 3 heterocycles. The summed E-state index contributed by atoms with van der Waals surface area (Å²) < 4.78 is 4.94. The number of aromatic nitrogens is 3. The van der Waals surface area contributed by atoms with Gasteiger partial charge in [-0.05, 0) is 56.1 Å². The van der Waals surface area contributed by atoms with Gasteiger partial charge in [-0.3, -0.25) is 9.59 Å². The fraction of sp³-hybridized carbons (Fsp3) is 0.522. The smallest absolute Gasteiger partial charge is 0.316 e. The van der Waals surface area contributed by atoms with Gasteiger partial charge in [0.2, 0.25) is 5.91 Å². The lowest BCUT2D eigenvalue weighted by atomic mass is 9.72. The van der Waals surface area contributed by atoms with E-state index in [0.29, 0.717) is 11.5 Å². The average molecular weight is 440 g/mol. The first-order valence-corrected chi connectivity index (χ1v) is 11.1. The third-order valence-corrected chi connectivity index (χ3v) is 6.30. The Kier molecular flexibility index (Phi) is 6.82. The number of methoxy groups -OCH3 is 1. The summed E-state index contributed by atoms with van der Waals surface area (Å²) in [4.78, 5) is 36.8. The van der Waals surface area contributed by atoms with Crippen LogP contribution in [-0.4, -0.2) is 45.6 Å². The van der Waals surface area contributed by atoms with E-state index in [2.05, 4.69) is 32.7 Å². The molecule has 2 aromatic heterocycles. The van der Waals surface area contributed by atoms with Crippen LogP contribution >= 0.6 is 0 Å². The minimum Gasteiger partial charge on any atom is -0.481 e. The maximum Gasteiger partial charge on any atom is 0.316 e. The minimum absolute atomic E-state index is 0.0892. The number of anilines is 1. The molecule has 4 rings (SSSR count). The number of carbonyl (C=O) groups excluding carboxylic acids is 1. The van der Waals surface area contributed by atoms with Gasteiger partial charge in [-0.25, -0.2) is 15.0 Å². The first-order valence-electron chi connectivity index (χ1n) is 11.1. The van der Waals surface area contributed by atoms with E-state index in [9.17, 15) is 14.7 Å². The maximum absolute atomic E-state index is 12.7. The highest BCUT2D eigenvalue weighted by molar-refractivity contribution is 5.80. The molecule has 0 saturated heterocycles. The molecule has 1 amide bonds. The molecule has 9 nitrogen and oxygen atoms in total. The van der Waals surface area contributed by atoms with Crippen molar-refractivity contribution >= 4 is 17.7 Å². The molecule has 1 fully saturated rings. The highest BCUT2D eigenvalue weighted by Crippen LogP contribution is 2.37. The number of hydrogen-bond donors (Lipinski definition) is 3. The number of carboxylic acid groups (broad SMARTS) is 1. The number of ether oxygens (including phenoxy) is 1. The Morgan fingerprint density at radius 3 is 2.78 bits per heavy atom. The van der Waals surface area contributed by atoms with Crippen molar-refractivity contribution in [3.63, 3.8) is 0 Å². The van der Waals surface area contributed by atoms with Crippen LogP contribution in [0.5, 0.6) is 6.01 Å². The SMILES string of the molecule is COc1ncc(C(CC(=O)O)NC(=O)C2CC(CCc3ccc4c(n3)NCCC4)C2)cn1. The number of aryl methyl sites for hydroxylation is 2. The van der Waals surface area contributed by atoms with Crippen molar-refractivity contribution in [2.24, 2.45) is 11.8 Å². The molecule has 3 N–H and O–H groups in total. The molecule has 1 unspecified atom stereocenters. The number of carbonyl (C=O) groups is 2. The highest BCUT2D eigenvalue weighted by atomic mass is 16.5. The number of hydrogen-bond acceptors (Lipinski definition) is 7. The quantitative estimate of drug-likeness (QED) is 0.544. The summed E-state index contributed by atoms with van der Waals surface area (Å²) >= 11 is 0. The van der Waals surface area contributed by atoms with E-state index >= 15 is 0 Å². The molecule has 9 heteroatoms. The molecule has 1 saturated carbocycles. The van der Waals surface area contributed by atoms with E-state index in [1.54, 1.807) is 0 Å². The number of nitrogens with zero attached hydrogens (tertiary/aromatic N) is 3. The molecule has 170 valence electrons. The van der Waals surface area contributed by atoms with Gasteiger partial charge in [0.25, 0.3) is 0 Å². The van der Waals surface area contributed by atoms with E-state index in [-0.39, 0.29) is 24.3 Å². The summed E-state index contributed by atoms with van der Waals surface area (Å²) in [6.45, 7) is 0.981. The summed E-state index contributed by atoms with van der Waals surface area (Å²) in [5.41, 5.74) is 2.93. The molecule has 0 bridgehead atoms. The lowest BCUT2D eigenvalue weighted by Gasteiger charge is -2.35. The second-order valence-electron chi connectivity index (χ2n) is 8.58. The van der Waals surface area contributed by atoms with Crippen LogP contribution in [0.4, 0.5) is 5.82 Å². The van der Waals surface area contributed by atoms with Crippen molar-refractivity contribution in [3.05, 3.63) is 41.3 Å². The van der Waals surface area contributed by atoms with E-state index in [4.69, 9.17) is 9.72 Å². The Hall–Kier alpha value is -3.23. The van der Waals surface area contributed by atoms with Gasteiger partial charge >= 0.3 is 12.0 Å². The normalized spacial score (nSPS) is 20.3. The van der Waals surface area contributed by atoms with Gasteiger partial charge in [-0.2, -0.15) is 0 Å². The molecule has 2 aromatic rings. The molecule has 0 spiro atoms. The van der Waals surface area contributed by atoms with Gasteiger partial charge in [0.1, 0.15) is 5.82 Å². The lowest BCUT2D eigenvalue weighted by Crippen LogP contribution is -2.41. The standard InChI is InChI=1S/C23H29N5O4/c1-32-23-25-12-17(13-26-23)19(11-20(29)30)28-22(31)16-9-14(10-16)4-6-18-7-5-15-3-2-8-24-21(15)27-18/h5,7,12-14,16,19H,2-4,6,8-11H2,1H3,(H,24,27)(H,28,31)(H,29,30). The fourth-order valence-electron chi connectivity index (χ4n) is 4.37. The number of nitrogens with one attached hydrogen (secondary N) is 2. The number of pyridine rings is 1. The zero-order valence-electron chi connectivity index (χ0n) is 18.2. The maximum atomic E-state index is 12.7. The van der Waals surface area contributed by atoms with Crippen molar-refractivity contribution in [3.8, 4) is 6.01 Å². The summed E-state index contributed by atoms with van der Waals surface area (Å²) in [5.74, 6) is 0.308. The van der Waals surface area contributed by atoms with Crippen molar-refractivity contribution in [1.82, 2.24) is 20.3 Å². The van der Waals surface area contributed by atoms with Crippen LogP contribution in [0.1, 0.15) is 55.0 Å². The Morgan fingerprint density at radius 2 is 2.06 bits per heavy atom. The van der Waals surface area contributed by atoms with E-state index in [1.807, 2.05) is 0 Å². The predicted molar refractivity (Wildman–Crippen MR) is 117 cm³/mol. The van der Waals surface area contributed by atoms with Gasteiger partial charge < -0.3 is 20.5 Å². The monoisotopic (exact) mass is 439 g/mol. The molecule has 2 aliphatic rings. The van der Waals surface area contributed by atoms with Gasteiger partial charge in [-0.1, -0.05) is 6.07 Å². The lowest BCUT2D eigenvalue weighted by molar-refractivity contribution is -0.138. The molecule has 1 atom stereocenters. The largest absolute Gasteiger partial charge is 0.481 e. The van der Waals surface area contributed by atoms with Gasteiger partial charge in [-0.15, -0.1) is 0 Å². The topological polar surface area (TPSA) is 126 Å². The zero-order chi connectivity index (χ0) is 22.5. The minimum atomic E-state index is -0.996. The van der Waals surface area contributed by atoms with Crippen molar-refractivity contribution in [2.75, 3.05) is 19.0 Å². The Bertz CT molecular complexity index is 959. The zero-order valence-corrected chi connectivity index (χ0v) is 18.2. The second kappa shape index (κ2) is 9.93. The fourth-order valence-corrected chi connectivity index (χ4v) is 4.37. The summed E-state index contributed by atoms with van der Waals surface area (Å²) in [6, 6.07) is 3.81. The Balaban J connectivity index is 1.26. The Morgan fingerprint density at radius 1 is 1.28 bits per heavy atom. The van der Waals surface area contributed by atoms with Crippen LogP contribution in [0.3, 0.4) is 0 Å². The summed E-state index contributed by atoms with van der Waals surface area (Å²) in [5, 5.41) is 15.5. The van der Waals surface area contributed by atoms with E-state index in [1.165, 1.54) is 25.1 Å². The molecular weight excluding hydrogens is 410 g/mol. The number of fused-ring (bicyclic) bond motifs is 1. The summed E-state index contributed by atoms with van der Waals surface area (Å²) in [7, 11) is 1.46. The van der Waals surface area contributed by atoms with Crippen LogP contribution < -0.4 is 15.4 Å². The highest BCUT2D eigenvalue weighted by Gasteiger charge is 2.35.